The van der Waals surface area contributed by atoms with Gasteiger partial charge in [0, 0.05) is 11.5 Å². The Morgan fingerprint density at radius 1 is 1.25 bits per heavy atom. The van der Waals surface area contributed by atoms with Crippen LogP contribution in [0.25, 0.3) is 11.3 Å². The van der Waals surface area contributed by atoms with Gasteiger partial charge in [-0.05, 0) is 12.5 Å². The van der Waals surface area contributed by atoms with Gasteiger partial charge in [0.2, 0.25) is 0 Å². The number of rotatable bonds is 2. The molecule has 0 saturated heterocycles. The third-order valence-corrected chi connectivity index (χ3v) is 2.61. The fourth-order valence-electron chi connectivity index (χ4n) is 1.80. The van der Waals surface area contributed by atoms with E-state index in [1.807, 2.05) is 45.0 Å². The fraction of sp³-hybridized carbons (Fsp3) is 0.308. The van der Waals surface area contributed by atoms with E-state index < -0.39 is 0 Å². The molecule has 1 N–H and O–H groups in total. The molecule has 0 fully saturated rings. The molecule has 1 aromatic heterocycles. The second-order valence-electron chi connectivity index (χ2n) is 4.22. The fourth-order valence-corrected chi connectivity index (χ4v) is 1.80. The summed E-state index contributed by atoms with van der Waals surface area (Å²) in [5.74, 6) is 0.523. The molecule has 0 aliphatic carbocycles. The van der Waals surface area contributed by atoms with Crippen LogP contribution in [-0.2, 0) is 0 Å². The molecule has 3 nitrogen and oxygen atoms in total. The monoisotopic (exact) mass is 217 g/mol. The second kappa shape index (κ2) is 4.00. The van der Waals surface area contributed by atoms with Crippen molar-refractivity contribution in [2.75, 3.05) is 0 Å². The van der Waals surface area contributed by atoms with Crippen LogP contribution >= 0.6 is 0 Å². The van der Waals surface area contributed by atoms with Crippen LogP contribution in [0.2, 0.25) is 0 Å². The summed E-state index contributed by atoms with van der Waals surface area (Å²) in [5, 5.41) is 0. The van der Waals surface area contributed by atoms with Gasteiger partial charge in [-0.15, -0.1) is 0 Å². The van der Waals surface area contributed by atoms with Crippen molar-refractivity contribution in [2.45, 2.75) is 26.7 Å². The first kappa shape index (κ1) is 10.7. The van der Waals surface area contributed by atoms with Crippen molar-refractivity contribution >= 4 is 0 Å². The van der Waals surface area contributed by atoms with Crippen LogP contribution in [0, 0.1) is 6.92 Å². The molecule has 16 heavy (non-hydrogen) atoms. The SMILES string of the molecule is Cc1ccccc1-c1[nH]c(=O)oc1C(C)C. The van der Waals surface area contributed by atoms with Crippen molar-refractivity contribution in [1.29, 1.82) is 0 Å². The molecule has 1 aromatic carbocycles. The lowest BCUT2D eigenvalue weighted by Crippen LogP contribution is -1.95. The van der Waals surface area contributed by atoms with Crippen LogP contribution in [0.15, 0.2) is 33.5 Å². The summed E-state index contributed by atoms with van der Waals surface area (Å²) in [4.78, 5) is 14.0. The van der Waals surface area contributed by atoms with Gasteiger partial charge in [0.15, 0.2) is 0 Å². The van der Waals surface area contributed by atoms with Crippen LogP contribution in [0.5, 0.6) is 0 Å². The summed E-state index contributed by atoms with van der Waals surface area (Å²) >= 11 is 0. The molecule has 84 valence electrons. The maximum atomic E-state index is 11.3. The second-order valence-corrected chi connectivity index (χ2v) is 4.22. The molecule has 0 atom stereocenters. The minimum Gasteiger partial charge on any atom is -0.412 e. The zero-order valence-corrected chi connectivity index (χ0v) is 9.70. The Hall–Kier alpha value is -1.77. The molecule has 0 spiro atoms. The van der Waals surface area contributed by atoms with E-state index in [9.17, 15) is 4.79 Å². The minimum atomic E-state index is -0.387. The van der Waals surface area contributed by atoms with Gasteiger partial charge >= 0.3 is 5.76 Å². The van der Waals surface area contributed by atoms with Crippen molar-refractivity contribution in [1.82, 2.24) is 4.98 Å². The first-order chi connectivity index (χ1) is 7.59. The van der Waals surface area contributed by atoms with Crippen molar-refractivity contribution < 1.29 is 4.42 Å². The number of hydrogen-bond donors (Lipinski definition) is 1. The molecule has 0 radical (unpaired) electrons. The summed E-state index contributed by atoms with van der Waals surface area (Å²) in [6.07, 6.45) is 0. The quantitative estimate of drug-likeness (QED) is 0.840. The first-order valence-corrected chi connectivity index (χ1v) is 5.38. The van der Waals surface area contributed by atoms with Gasteiger partial charge in [0.25, 0.3) is 0 Å². The number of oxazole rings is 1. The van der Waals surface area contributed by atoms with E-state index >= 15 is 0 Å². The Bertz CT molecular complexity index is 549. The Labute approximate surface area is 94.1 Å². The third kappa shape index (κ3) is 1.81. The predicted octanol–water partition coefficient (Wildman–Crippen LogP) is 3.07. The number of aryl methyl sites for hydroxylation is 1. The molecular formula is C13H15NO2. The standard InChI is InChI=1S/C13H15NO2/c1-8(2)12-11(14-13(15)16-12)10-7-5-4-6-9(10)3/h4-8H,1-3H3,(H,14,15). The molecule has 0 unspecified atom stereocenters. The highest BCUT2D eigenvalue weighted by atomic mass is 16.4. The molecule has 0 aliphatic rings. The average molecular weight is 217 g/mol. The zero-order valence-electron chi connectivity index (χ0n) is 9.70. The number of nitrogens with one attached hydrogen (secondary N) is 1. The van der Waals surface area contributed by atoms with Crippen molar-refractivity contribution in [3.63, 3.8) is 0 Å². The van der Waals surface area contributed by atoms with E-state index in [1.54, 1.807) is 0 Å². The van der Waals surface area contributed by atoms with E-state index in [0.717, 1.165) is 22.6 Å². The van der Waals surface area contributed by atoms with Gasteiger partial charge in [-0.1, -0.05) is 38.1 Å². The van der Waals surface area contributed by atoms with Crippen LogP contribution in [0.1, 0.15) is 31.1 Å². The average Bonchev–Trinajstić information content (AvgIpc) is 2.61. The minimum absolute atomic E-state index is 0.188. The number of aromatic amines is 1. The topological polar surface area (TPSA) is 46.0 Å². The van der Waals surface area contributed by atoms with E-state index in [4.69, 9.17) is 4.42 Å². The van der Waals surface area contributed by atoms with Gasteiger partial charge < -0.3 is 4.42 Å². The summed E-state index contributed by atoms with van der Waals surface area (Å²) in [7, 11) is 0. The van der Waals surface area contributed by atoms with Gasteiger partial charge in [-0.25, -0.2) is 4.79 Å². The molecule has 2 aromatic rings. The Morgan fingerprint density at radius 2 is 1.94 bits per heavy atom. The summed E-state index contributed by atoms with van der Waals surface area (Å²) in [5.41, 5.74) is 2.96. The van der Waals surface area contributed by atoms with Crippen LogP contribution in [0.4, 0.5) is 0 Å². The summed E-state index contributed by atoms with van der Waals surface area (Å²) in [6.45, 7) is 6.03. The number of hydrogen-bond acceptors (Lipinski definition) is 2. The maximum absolute atomic E-state index is 11.3. The molecule has 0 aliphatic heterocycles. The third-order valence-electron chi connectivity index (χ3n) is 2.61. The van der Waals surface area contributed by atoms with Crippen LogP contribution in [-0.4, -0.2) is 4.98 Å². The van der Waals surface area contributed by atoms with E-state index in [-0.39, 0.29) is 11.7 Å². The first-order valence-electron chi connectivity index (χ1n) is 5.38. The van der Waals surface area contributed by atoms with Crippen molar-refractivity contribution in [2.24, 2.45) is 0 Å². The van der Waals surface area contributed by atoms with Gasteiger partial charge in [-0.2, -0.15) is 0 Å². The highest BCUT2D eigenvalue weighted by Crippen LogP contribution is 2.28. The number of aromatic nitrogens is 1. The summed E-state index contributed by atoms with van der Waals surface area (Å²) in [6, 6.07) is 7.94. The predicted molar refractivity (Wildman–Crippen MR) is 63.6 cm³/mol. The Morgan fingerprint density at radius 3 is 2.56 bits per heavy atom. The molecule has 0 amide bonds. The highest BCUT2D eigenvalue weighted by Gasteiger charge is 2.16. The normalized spacial score (nSPS) is 11.0. The van der Waals surface area contributed by atoms with Gasteiger partial charge in [0.1, 0.15) is 5.76 Å². The molecule has 2 rings (SSSR count). The summed E-state index contributed by atoms with van der Waals surface area (Å²) < 4.78 is 5.17. The Kier molecular flexibility index (Phi) is 2.69. The van der Waals surface area contributed by atoms with Crippen LogP contribution in [0.3, 0.4) is 0 Å². The van der Waals surface area contributed by atoms with Gasteiger partial charge in [-0.3, -0.25) is 4.98 Å². The maximum Gasteiger partial charge on any atom is 0.416 e. The van der Waals surface area contributed by atoms with E-state index in [0.29, 0.717) is 0 Å². The molecule has 3 heteroatoms. The van der Waals surface area contributed by atoms with Crippen LogP contribution < -0.4 is 5.76 Å². The van der Waals surface area contributed by atoms with E-state index in [1.165, 1.54) is 0 Å². The molecular weight excluding hydrogens is 202 g/mol. The van der Waals surface area contributed by atoms with Crippen molar-refractivity contribution in [3.05, 3.63) is 46.1 Å². The largest absolute Gasteiger partial charge is 0.416 e. The molecule has 0 saturated carbocycles. The van der Waals surface area contributed by atoms with Crippen molar-refractivity contribution in [3.8, 4) is 11.3 Å². The lowest BCUT2D eigenvalue weighted by Gasteiger charge is -2.06. The Balaban J connectivity index is 2.64. The lowest BCUT2D eigenvalue weighted by molar-refractivity contribution is 0.451. The zero-order chi connectivity index (χ0) is 11.7. The highest BCUT2D eigenvalue weighted by molar-refractivity contribution is 5.65. The number of benzene rings is 1. The molecule has 0 bridgehead atoms. The van der Waals surface area contributed by atoms with Gasteiger partial charge in [0.05, 0.1) is 5.69 Å². The number of H-pyrrole nitrogens is 1. The smallest absolute Gasteiger partial charge is 0.412 e. The van der Waals surface area contributed by atoms with E-state index in [2.05, 4.69) is 4.98 Å². The molecule has 1 heterocycles. The lowest BCUT2D eigenvalue weighted by atomic mass is 10.0.